The van der Waals surface area contributed by atoms with Gasteiger partial charge in [0.05, 0.1) is 13.0 Å². The molecule has 0 atom stereocenters. The van der Waals surface area contributed by atoms with Gasteiger partial charge in [0.2, 0.25) is 0 Å². The van der Waals surface area contributed by atoms with E-state index >= 15 is 0 Å². The van der Waals surface area contributed by atoms with Crippen molar-refractivity contribution in [1.29, 1.82) is 0 Å². The number of aliphatic carboxylic acids is 1. The van der Waals surface area contributed by atoms with Gasteiger partial charge in [0.25, 0.3) is 0 Å². The molecule has 0 aromatic heterocycles. The largest absolute Gasteiger partial charge is 0.492 e. The van der Waals surface area contributed by atoms with Crippen molar-refractivity contribution in [2.24, 2.45) is 0 Å². The van der Waals surface area contributed by atoms with Gasteiger partial charge in [0, 0.05) is 13.1 Å². The maximum atomic E-state index is 11.3. The van der Waals surface area contributed by atoms with E-state index in [0.29, 0.717) is 32.0 Å². The van der Waals surface area contributed by atoms with E-state index in [1.807, 2.05) is 0 Å². The third-order valence-electron chi connectivity index (χ3n) is 2.85. The first-order valence-corrected chi connectivity index (χ1v) is 6.11. The quantitative estimate of drug-likeness (QED) is 0.793. The van der Waals surface area contributed by atoms with Crippen molar-refractivity contribution in [3.8, 4) is 5.75 Å². The minimum atomic E-state index is -0.853. The van der Waals surface area contributed by atoms with Gasteiger partial charge in [-0.25, -0.2) is 4.79 Å². The summed E-state index contributed by atoms with van der Waals surface area (Å²) in [5.74, 6) is -0.178. The van der Waals surface area contributed by atoms with Crippen LogP contribution >= 0.6 is 0 Å². The number of ether oxygens (including phenoxy) is 1. The average Bonchev–Trinajstić information content (AvgIpc) is 2.77. The van der Waals surface area contributed by atoms with Crippen molar-refractivity contribution in [3.63, 3.8) is 0 Å². The standard InChI is InChI=1S/C13H16N2O4/c16-12(17)9-10-1-3-11(4-2-10)19-8-7-15-6-5-14-13(15)18/h1-4H,5-9H2,(H,14,18)(H,16,17). The van der Waals surface area contributed by atoms with Crippen molar-refractivity contribution in [2.45, 2.75) is 6.42 Å². The molecule has 2 amide bonds. The van der Waals surface area contributed by atoms with Crippen LogP contribution in [0.3, 0.4) is 0 Å². The SMILES string of the molecule is O=C(O)Cc1ccc(OCCN2CCNC2=O)cc1. The van der Waals surface area contributed by atoms with Crippen LogP contribution in [0.25, 0.3) is 0 Å². The van der Waals surface area contributed by atoms with E-state index in [4.69, 9.17) is 9.84 Å². The lowest BCUT2D eigenvalue weighted by molar-refractivity contribution is -0.136. The van der Waals surface area contributed by atoms with Crippen LogP contribution in [-0.4, -0.2) is 48.2 Å². The topological polar surface area (TPSA) is 78.9 Å². The molecule has 1 saturated heterocycles. The third kappa shape index (κ3) is 3.87. The van der Waals surface area contributed by atoms with Crippen LogP contribution in [-0.2, 0) is 11.2 Å². The molecule has 1 heterocycles. The normalized spacial score (nSPS) is 14.3. The second-order valence-electron chi connectivity index (χ2n) is 4.28. The number of nitrogens with one attached hydrogen (secondary N) is 1. The third-order valence-corrected chi connectivity index (χ3v) is 2.85. The lowest BCUT2D eigenvalue weighted by atomic mass is 10.1. The number of carboxylic acids is 1. The van der Waals surface area contributed by atoms with E-state index in [0.717, 1.165) is 5.56 Å². The Morgan fingerprint density at radius 2 is 2.11 bits per heavy atom. The molecule has 1 aromatic carbocycles. The van der Waals surface area contributed by atoms with Gasteiger partial charge in [-0.3, -0.25) is 4.79 Å². The van der Waals surface area contributed by atoms with E-state index in [9.17, 15) is 9.59 Å². The van der Waals surface area contributed by atoms with E-state index in [-0.39, 0.29) is 12.5 Å². The van der Waals surface area contributed by atoms with Gasteiger partial charge < -0.3 is 20.1 Å². The smallest absolute Gasteiger partial charge is 0.317 e. The molecular weight excluding hydrogens is 248 g/mol. The highest BCUT2D eigenvalue weighted by Gasteiger charge is 2.18. The molecule has 1 aromatic rings. The zero-order valence-corrected chi connectivity index (χ0v) is 10.5. The molecule has 0 unspecified atom stereocenters. The lowest BCUT2D eigenvalue weighted by Gasteiger charge is -2.14. The van der Waals surface area contributed by atoms with Crippen molar-refractivity contribution in [3.05, 3.63) is 29.8 Å². The molecule has 19 heavy (non-hydrogen) atoms. The molecule has 0 radical (unpaired) electrons. The number of carboxylic acid groups (broad SMARTS) is 1. The van der Waals surface area contributed by atoms with Gasteiger partial charge in [0.1, 0.15) is 12.4 Å². The van der Waals surface area contributed by atoms with Crippen LogP contribution in [0.15, 0.2) is 24.3 Å². The summed E-state index contributed by atoms with van der Waals surface area (Å²) in [6, 6.07) is 6.88. The second kappa shape index (κ2) is 6.08. The molecule has 1 aliphatic rings. The number of carbonyl (C=O) groups excluding carboxylic acids is 1. The molecule has 6 heteroatoms. The van der Waals surface area contributed by atoms with Gasteiger partial charge in [-0.05, 0) is 17.7 Å². The summed E-state index contributed by atoms with van der Waals surface area (Å²) in [6.07, 6.45) is 0.00816. The predicted molar refractivity (Wildman–Crippen MR) is 68.2 cm³/mol. The summed E-state index contributed by atoms with van der Waals surface area (Å²) in [5, 5.41) is 11.4. The first-order chi connectivity index (χ1) is 9.15. The Morgan fingerprint density at radius 1 is 1.37 bits per heavy atom. The van der Waals surface area contributed by atoms with Gasteiger partial charge in [-0.15, -0.1) is 0 Å². The highest BCUT2D eigenvalue weighted by atomic mass is 16.5. The van der Waals surface area contributed by atoms with E-state index in [1.165, 1.54) is 0 Å². The monoisotopic (exact) mass is 264 g/mol. The van der Waals surface area contributed by atoms with E-state index < -0.39 is 5.97 Å². The maximum absolute atomic E-state index is 11.3. The fourth-order valence-corrected chi connectivity index (χ4v) is 1.88. The Morgan fingerprint density at radius 3 is 2.68 bits per heavy atom. The second-order valence-corrected chi connectivity index (χ2v) is 4.28. The highest BCUT2D eigenvalue weighted by Crippen LogP contribution is 2.12. The van der Waals surface area contributed by atoms with Crippen molar-refractivity contribution < 1.29 is 19.4 Å². The number of nitrogens with zero attached hydrogens (tertiary/aromatic N) is 1. The molecule has 6 nitrogen and oxygen atoms in total. The first kappa shape index (κ1) is 13.2. The number of carbonyl (C=O) groups is 2. The molecule has 0 spiro atoms. The molecule has 0 saturated carbocycles. The van der Waals surface area contributed by atoms with E-state index in [2.05, 4.69) is 5.32 Å². The van der Waals surface area contributed by atoms with Gasteiger partial charge in [-0.1, -0.05) is 12.1 Å². The summed E-state index contributed by atoms with van der Waals surface area (Å²) in [7, 11) is 0. The summed E-state index contributed by atoms with van der Waals surface area (Å²) in [5.41, 5.74) is 0.735. The van der Waals surface area contributed by atoms with Crippen LogP contribution in [0.5, 0.6) is 5.75 Å². The number of rotatable bonds is 6. The molecule has 0 aliphatic carbocycles. The first-order valence-electron chi connectivity index (χ1n) is 6.11. The van der Waals surface area contributed by atoms with E-state index in [1.54, 1.807) is 29.2 Å². The Labute approximate surface area is 111 Å². The summed E-state index contributed by atoms with van der Waals surface area (Å²) < 4.78 is 5.51. The molecule has 2 N–H and O–H groups in total. The zero-order chi connectivity index (χ0) is 13.7. The number of hydrogen-bond acceptors (Lipinski definition) is 3. The van der Waals surface area contributed by atoms with Gasteiger partial charge >= 0.3 is 12.0 Å². The number of amides is 2. The Kier molecular flexibility index (Phi) is 4.22. The molecule has 2 rings (SSSR count). The van der Waals surface area contributed by atoms with Crippen LogP contribution < -0.4 is 10.1 Å². The van der Waals surface area contributed by atoms with Crippen LogP contribution in [0, 0.1) is 0 Å². The fourth-order valence-electron chi connectivity index (χ4n) is 1.88. The Bertz CT molecular complexity index is 458. The number of benzene rings is 1. The summed E-state index contributed by atoms with van der Waals surface area (Å²) in [4.78, 5) is 23.5. The van der Waals surface area contributed by atoms with Crippen molar-refractivity contribution in [2.75, 3.05) is 26.2 Å². The molecule has 0 bridgehead atoms. The van der Waals surface area contributed by atoms with Gasteiger partial charge in [0.15, 0.2) is 0 Å². The lowest BCUT2D eigenvalue weighted by Crippen LogP contribution is -2.31. The minimum Gasteiger partial charge on any atom is -0.492 e. The van der Waals surface area contributed by atoms with Crippen molar-refractivity contribution >= 4 is 12.0 Å². The predicted octanol–water partition coefficient (Wildman–Crippen LogP) is 0.718. The molecule has 1 aliphatic heterocycles. The summed E-state index contributed by atoms with van der Waals surface area (Å²) >= 11 is 0. The zero-order valence-electron chi connectivity index (χ0n) is 10.5. The fraction of sp³-hybridized carbons (Fsp3) is 0.385. The highest BCUT2D eigenvalue weighted by molar-refractivity contribution is 5.76. The Balaban J connectivity index is 1.76. The van der Waals surface area contributed by atoms with Crippen LogP contribution in [0.4, 0.5) is 4.79 Å². The Hall–Kier alpha value is -2.24. The maximum Gasteiger partial charge on any atom is 0.317 e. The molecule has 1 fully saturated rings. The van der Waals surface area contributed by atoms with Gasteiger partial charge in [-0.2, -0.15) is 0 Å². The number of urea groups is 1. The molecule has 102 valence electrons. The average molecular weight is 264 g/mol. The molecular formula is C13H16N2O4. The number of hydrogen-bond donors (Lipinski definition) is 2. The minimum absolute atomic E-state index is 0.00816. The van der Waals surface area contributed by atoms with Crippen LogP contribution in [0.2, 0.25) is 0 Å². The summed E-state index contributed by atoms with van der Waals surface area (Å²) in [6.45, 7) is 2.36. The van der Waals surface area contributed by atoms with Crippen molar-refractivity contribution in [1.82, 2.24) is 10.2 Å². The van der Waals surface area contributed by atoms with Crippen LogP contribution in [0.1, 0.15) is 5.56 Å².